The Morgan fingerprint density at radius 1 is 1.53 bits per heavy atom. The smallest absolute Gasteiger partial charge is 0.153 e. The van der Waals surface area contributed by atoms with E-state index < -0.39 is 0 Å². The van der Waals surface area contributed by atoms with Gasteiger partial charge in [0.05, 0.1) is 11.6 Å². The summed E-state index contributed by atoms with van der Waals surface area (Å²) in [6, 6.07) is 0.282. The lowest BCUT2D eigenvalue weighted by atomic mass is 10.2. The number of aromatic nitrogens is 2. The quantitative estimate of drug-likeness (QED) is 0.700. The first-order valence-corrected chi connectivity index (χ1v) is 6.02. The van der Waals surface area contributed by atoms with Gasteiger partial charge >= 0.3 is 0 Å². The number of hydrogen-bond acceptors (Lipinski definition) is 5. The molecule has 0 saturated carbocycles. The van der Waals surface area contributed by atoms with Crippen LogP contribution in [-0.2, 0) is 0 Å². The van der Waals surface area contributed by atoms with Crippen LogP contribution < -0.4 is 0 Å². The fourth-order valence-electron chi connectivity index (χ4n) is 1.54. The first-order chi connectivity index (χ1) is 7.31. The molecule has 0 bridgehead atoms. The second kappa shape index (κ2) is 4.72. The summed E-state index contributed by atoms with van der Waals surface area (Å²) in [7, 11) is 2.08. The van der Waals surface area contributed by atoms with Crippen molar-refractivity contribution in [2.24, 2.45) is 0 Å². The van der Waals surface area contributed by atoms with Crippen molar-refractivity contribution in [3.05, 3.63) is 23.8 Å². The van der Waals surface area contributed by atoms with Crippen molar-refractivity contribution in [3.63, 3.8) is 0 Å². The van der Waals surface area contributed by atoms with Gasteiger partial charge in [0.2, 0.25) is 0 Å². The minimum absolute atomic E-state index is 0.282. The third kappa shape index (κ3) is 2.35. The molecule has 1 atom stereocenters. The summed E-state index contributed by atoms with van der Waals surface area (Å²) in [6.45, 7) is 1.06. The van der Waals surface area contributed by atoms with Crippen molar-refractivity contribution in [1.29, 1.82) is 0 Å². The third-order valence-corrected chi connectivity index (χ3v) is 3.54. The van der Waals surface area contributed by atoms with Crippen LogP contribution in [0.15, 0.2) is 12.4 Å². The maximum absolute atomic E-state index is 10.5. The predicted molar refractivity (Wildman–Crippen MR) is 60.1 cm³/mol. The summed E-state index contributed by atoms with van der Waals surface area (Å²) in [4.78, 5) is 21.2. The molecular formula is C10H13N3OS. The molecule has 1 aromatic rings. The zero-order valence-corrected chi connectivity index (χ0v) is 9.41. The first-order valence-electron chi connectivity index (χ1n) is 4.86. The van der Waals surface area contributed by atoms with E-state index in [1.54, 1.807) is 12.4 Å². The molecule has 2 heterocycles. The summed E-state index contributed by atoms with van der Waals surface area (Å²) < 4.78 is 0. The van der Waals surface area contributed by atoms with E-state index in [0.29, 0.717) is 5.56 Å². The zero-order chi connectivity index (χ0) is 10.7. The topological polar surface area (TPSA) is 46.1 Å². The SMILES string of the molecule is CN1CCSCC1c1ncc(C=O)cn1. The summed E-state index contributed by atoms with van der Waals surface area (Å²) in [6.07, 6.45) is 3.94. The molecule has 5 heteroatoms. The van der Waals surface area contributed by atoms with Crippen LogP contribution in [-0.4, -0.2) is 46.3 Å². The fraction of sp³-hybridized carbons (Fsp3) is 0.500. The van der Waals surface area contributed by atoms with Gasteiger partial charge in [0.1, 0.15) is 5.82 Å². The number of thioether (sulfide) groups is 1. The molecule has 0 spiro atoms. The number of nitrogens with zero attached hydrogens (tertiary/aromatic N) is 3. The van der Waals surface area contributed by atoms with Crippen molar-refractivity contribution in [2.45, 2.75) is 6.04 Å². The largest absolute Gasteiger partial charge is 0.298 e. The molecule has 1 aliphatic heterocycles. The lowest BCUT2D eigenvalue weighted by Gasteiger charge is -2.30. The fourth-order valence-corrected chi connectivity index (χ4v) is 2.75. The van der Waals surface area contributed by atoms with E-state index >= 15 is 0 Å². The summed E-state index contributed by atoms with van der Waals surface area (Å²) in [5.74, 6) is 3.01. The second-order valence-electron chi connectivity index (χ2n) is 3.56. The first kappa shape index (κ1) is 10.6. The van der Waals surface area contributed by atoms with Crippen LogP contribution >= 0.6 is 11.8 Å². The van der Waals surface area contributed by atoms with Crippen molar-refractivity contribution < 1.29 is 4.79 Å². The average Bonchev–Trinajstić information content (AvgIpc) is 2.30. The van der Waals surface area contributed by atoms with Gasteiger partial charge in [0, 0.05) is 30.4 Å². The van der Waals surface area contributed by atoms with Gasteiger partial charge in [-0.25, -0.2) is 9.97 Å². The van der Waals surface area contributed by atoms with E-state index in [4.69, 9.17) is 0 Å². The number of rotatable bonds is 2. The Morgan fingerprint density at radius 3 is 2.87 bits per heavy atom. The van der Waals surface area contributed by atoms with E-state index in [1.165, 1.54) is 5.75 Å². The molecule has 15 heavy (non-hydrogen) atoms. The highest BCUT2D eigenvalue weighted by Crippen LogP contribution is 2.25. The second-order valence-corrected chi connectivity index (χ2v) is 4.71. The maximum Gasteiger partial charge on any atom is 0.153 e. The van der Waals surface area contributed by atoms with Crippen LogP contribution in [0.2, 0.25) is 0 Å². The zero-order valence-electron chi connectivity index (χ0n) is 8.59. The maximum atomic E-state index is 10.5. The minimum atomic E-state index is 0.282. The molecule has 2 rings (SSSR count). The van der Waals surface area contributed by atoms with Gasteiger partial charge in [0.25, 0.3) is 0 Å². The van der Waals surface area contributed by atoms with Crippen LogP contribution in [0.4, 0.5) is 0 Å². The summed E-state index contributed by atoms with van der Waals surface area (Å²) >= 11 is 1.92. The monoisotopic (exact) mass is 223 g/mol. The average molecular weight is 223 g/mol. The number of carbonyl (C=O) groups is 1. The molecule has 1 saturated heterocycles. The van der Waals surface area contributed by atoms with Gasteiger partial charge in [-0.1, -0.05) is 0 Å². The lowest BCUT2D eigenvalue weighted by Crippen LogP contribution is -2.33. The Bertz CT molecular complexity index is 341. The highest BCUT2D eigenvalue weighted by Gasteiger charge is 2.23. The van der Waals surface area contributed by atoms with E-state index in [1.807, 2.05) is 11.8 Å². The van der Waals surface area contributed by atoms with Crippen molar-refractivity contribution in [1.82, 2.24) is 14.9 Å². The van der Waals surface area contributed by atoms with Crippen LogP contribution in [0, 0.1) is 0 Å². The molecule has 0 radical (unpaired) electrons. The van der Waals surface area contributed by atoms with Gasteiger partial charge in [-0.15, -0.1) is 0 Å². The van der Waals surface area contributed by atoms with E-state index in [0.717, 1.165) is 24.4 Å². The Balaban J connectivity index is 2.16. The summed E-state index contributed by atoms with van der Waals surface area (Å²) in [5, 5.41) is 0. The molecule has 0 aliphatic carbocycles. The number of carbonyl (C=O) groups excluding carboxylic acids is 1. The Kier molecular flexibility index (Phi) is 3.33. The van der Waals surface area contributed by atoms with Gasteiger partial charge in [-0.05, 0) is 7.05 Å². The molecule has 4 nitrogen and oxygen atoms in total. The molecule has 0 amide bonds. The normalized spacial score (nSPS) is 22.6. The van der Waals surface area contributed by atoms with Crippen molar-refractivity contribution >= 4 is 18.0 Å². The van der Waals surface area contributed by atoms with Gasteiger partial charge in [-0.2, -0.15) is 11.8 Å². The predicted octanol–water partition coefficient (Wildman–Crippen LogP) is 1.01. The number of hydrogen-bond donors (Lipinski definition) is 0. The molecule has 0 N–H and O–H groups in total. The lowest BCUT2D eigenvalue weighted by molar-refractivity contribution is 0.112. The van der Waals surface area contributed by atoms with Gasteiger partial charge in [-0.3, -0.25) is 9.69 Å². The molecule has 0 aromatic carbocycles. The highest BCUT2D eigenvalue weighted by atomic mass is 32.2. The standard InChI is InChI=1S/C10H13N3OS/c1-13-2-3-15-7-9(13)10-11-4-8(6-14)5-12-10/h4-6,9H,2-3,7H2,1H3. The van der Waals surface area contributed by atoms with Crippen molar-refractivity contribution in [3.8, 4) is 0 Å². The van der Waals surface area contributed by atoms with E-state index in [9.17, 15) is 4.79 Å². The Hall–Kier alpha value is -0.940. The van der Waals surface area contributed by atoms with Gasteiger partial charge in [0.15, 0.2) is 6.29 Å². The van der Waals surface area contributed by atoms with Crippen molar-refractivity contribution in [2.75, 3.05) is 25.1 Å². The number of aldehydes is 1. The van der Waals surface area contributed by atoms with Crippen LogP contribution in [0.3, 0.4) is 0 Å². The molecule has 1 fully saturated rings. The van der Waals surface area contributed by atoms with E-state index in [2.05, 4.69) is 21.9 Å². The van der Waals surface area contributed by atoms with Gasteiger partial charge < -0.3 is 0 Å². The molecule has 80 valence electrons. The minimum Gasteiger partial charge on any atom is -0.298 e. The molecule has 1 unspecified atom stereocenters. The Morgan fingerprint density at radius 2 is 2.27 bits per heavy atom. The van der Waals surface area contributed by atoms with E-state index in [-0.39, 0.29) is 6.04 Å². The van der Waals surface area contributed by atoms with Crippen LogP contribution in [0.1, 0.15) is 22.2 Å². The Labute approximate surface area is 93.1 Å². The van der Waals surface area contributed by atoms with Crippen LogP contribution in [0.25, 0.3) is 0 Å². The third-order valence-electron chi connectivity index (χ3n) is 2.52. The molecule has 1 aliphatic rings. The van der Waals surface area contributed by atoms with Crippen LogP contribution in [0.5, 0.6) is 0 Å². The highest BCUT2D eigenvalue weighted by molar-refractivity contribution is 7.99. The molecule has 1 aromatic heterocycles. The summed E-state index contributed by atoms with van der Waals surface area (Å²) in [5.41, 5.74) is 0.532. The molecular weight excluding hydrogens is 210 g/mol.